The van der Waals surface area contributed by atoms with Gasteiger partial charge in [0, 0.05) is 12.6 Å². The van der Waals surface area contributed by atoms with E-state index in [2.05, 4.69) is 21.2 Å². The Labute approximate surface area is 113 Å². The minimum Gasteiger partial charge on any atom is -0.485 e. The molecule has 0 saturated heterocycles. The quantitative estimate of drug-likeness (QED) is 0.497. The van der Waals surface area contributed by atoms with E-state index < -0.39 is 10.7 Å². The molecule has 0 atom stereocenters. The van der Waals surface area contributed by atoms with Crippen LogP contribution in [0.1, 0.15) is 13.8 Å². The van der Waals surface area contributed by atoms with E-state index in [1.807, 2.05) is 13.8 Å². The number of nitro groups is 1. The number of ether oxygens (including phenoxy) is 1. The molecule has 0 saturated carbocycles. The molecule has 1 aromatic rings. The Bertz CT molecular complexity index is 441. The van der Waals surface area contributed by atoms with E-state index in [-0.39, 0.29) is 22.5 Å². The predicted molar refractivity (Wildman–Crippen MR) is 69.4 cm³/mol. The lowest BCUT2D eigenvalue weighted by molar-refractivity contribution is -0.386. The van der Waals surface area contributed by atoms with Crippen LogP contribution in [0.5, 0.6) is 5.75 Å². The van der Waals surface area contributed by atoms with Crippen molar-refractivity contribution in [3.8, 4) is 5.75 Å². The average molecular weight is 321 g/mol. The van der Waals surface area contributed by atoms with Gasteiger partial charge in [-0.2, -0.15) is 0 Å². The molecule has 0 amide bonds. The largest absolute Gasteiger partial charge is 0.485 e. The number of nitro benzene ring substituents is 1. The van der Waals surface area contributed by atoms with Gasteiger partial charge in [-0.25, -0.2) is 4.39 Å². The van der Waals surface area contributed by atoms with Gasteiger partial charge in [0.1, 0.15) is 12.4 Å². The van der Waals surface area contributed by atoms with E-state index >= 15 is 0 Å². The Kier molecular flexibility index (Phi) is 5.49. The lowest BCUT2D eigenvalue weighted by Crippen LogP contribution is -2.27. The fourth-order valence-corrected chi connectivity index (χ4v) is 1.86. The maximum Gasteiger partial charge on any atom is 0.315 e. The molecular formula is C11H14BrFN2O3. The van der Waals surface area contributed by atoms with E-state index in [4.69, 9.17) is 4.74 Å². The summed E-state index contributed by atoms with van der Waals surface area (Å²) in [6, 6.07) is 2.29. The van der Waals surface area contributed by atoms with Crippen LogP contribution in [0.2, 0.25) is 0 Å². The zero-order valence-electron chi connectivity index (χ0n) is 10.1. The molecule has 100 valence electrons. The Balaban J connectivity index is 2.77. The molecule has 1 aromatic carbocycles. The van der Waals surface area contributed by atoms with Crippen LogP contribution in [-0.4, -0.2) is 24.1 Å². The molecule has 5 nitrogen and oxygen atoms in total. The van der Waals surface area contributed by atoms with Gasteiger partial charge in [0.15, 0.2) is 0 Å². The minimum absolute atomic E-state index is 0.0481. The smallest absolute Gasteiger partial charge is 0.315 e. The number of hydrogen-bond acceptors (Lipinski definition) is 4. The Hall–Kier alpha value is -1.21. The molecule has 0 aromatic heterocycles. The summed E-state index contributed by atoms with van der Waals surface area (Å²) in [5.41, 5.74) is -0.383. The maximum atomic E-state index is 13.1. The van der Waals surface area contributed by atoms with Crippen molar-refractivity contribution in [3.63, 3.8) is 0 Å². The number of halogens is 2. The fraction of sp³-hybridized carbons (Fsp3) is 0.455. The summed E-state index contributed by atoms with van der Waals surface area (Å²) < 4.78 is 18.6. The summed E-state index contributed by atoms with van der Waals surface area (Å²) in [6.07, 6.45) is 0. The molecule has 7 heteroatoms. The molecule has 0 heterocycles. The molecule has 0 radical (unpaired) electrons. The Morgan fingerprint density at radius 2 is 2.22 bits per heavy atom. The van der Waals surface area contributed by atoms with Crippen molar-refractivity contribution < 1.29 is 14.1 Å². The SMILES string of the molecule is CC(C)NCCOc1c(Br)cc(F)cc1[N+](=O)[O-]. The first-order valence-corrected chi connectivity index (χ1v) is 6.20. The van der Waals surface area contributed by atoms with Crippen LogP contribution in [0.4, 0.5) is 10.1 Å². The van der Waals surface area contributed by atoms with E-state index in [9.17, 15) is 14.5 Å². The molecule has 1 rings (SSSR count). The molecule has 0 aliphatic rings. The van der Waals surface area contributed by atoms with Gasteiger partial charge in [0.05, 0.1) is 15.5 Å². The summed E-state index contributed by atoms with van der Waals surface area (Å²) in [5, 5.41) is 13.9. The van der Waals surface area contributed by atoms with Gasteiger partial charge in [0.25, 0.3) is 0 Å². The first-order chi connectivity index (χ1) is 8.41. The average Bonchev–Trinajstić information content (AvgIpc) is 2.25. The van der Waals surface area contributed by atoms with E-state index in [0.29, 0.717) is 12.6 Å². The molecule has 0 aliphatic heterocycles. The molecule has 0 spiro atoms. The predicted octanol–water partition coefficient (Wildman–Crippen LogP) is 2.87. The third-order valence-corrected chi connectivity index (χ3v) is 2.68. The van der Waals surface area contributed by atoms with Crippen molar-refractivity contribution >= 4 is 21.6 Å². The lowest BCUT2D eigenvalue weighted by Gasteiger charge is -2.11. The van der Waals surface area contributed by atoms with Crippen LogP contribution in [-0.2, 0) is 0 Å². The highest BCUT2D eigenvalue weighted by Gasteiger charge is 2.20. The standard InChI is InChI=1S/C11H14BrFN2O3/c1-7(2)14-3-4-18-11-9(12)5-8(13)6-10(11)15(16)17/h5-7,14H,3-4H2,1-2H3. The molecular weight excluding hydrogens is 307 g/mol. The molecule has 0 unspecified atom stereocenters. The number of hydrogen-bond donors (Lipinski definition) is 1. The minimum atomic E-state index is -0.679. The van der Waals surface area contributed by atoms with Gasteiger partial charge in [-0.1, -0.05) is 13.8 Å². The second kappa shape index (κ2) is 6.65. The summed E-state index contributed by atoms with van der Waals surface area (Å²) >= 11 is 3.06. The molecule has 0 bridgehead atoms. The van der Waals surface area contributed by atoms with E-state index in [0.717, 1.165) is 12.1 Å². The van der Waals surface area contributed by atoms with Crippen molar-refractivity contribution in [3.05, 3.63) is 32.5 Å². The highest BCUT2D eigenvalue weighted by atomic mass is 79.9. The molecule has 0 aliphatic carbocycles. The van der Waals surface area contributed by atoms with Crippen LogP contribution in [0.3, 0.4) is 0 Å². The maximum absolute atomic E-state index is 13.1. The summed E-state index contributed by atoms with van der Waals surface area (Å²) in [7, 11) is 0. The third-order valence-electron chi connectivity index (χ3n) is 2.09. The second-order valence-electron chi connectivity index (χ2n) is 3.95. The van der Waals surface area contributed by atoms with Crippen LogP contribution < -0.4 is 10.1 Å². The van der Waals surface area contributed by atoms with Gasteiger partial charge < -0.3 is 10.1 Å². The van der Waals surface area contributed by atoms with Crippen molar-refractivity contribution in [2.75, 3.05) is 13.2 Å². The van der Waals surface area contributed by atoms with Crippen molar-refractivity contribution in [1.82, 2.24) is 5.32 Å². The summed E-state index contributed by atoms with van der Waals surface area (Å²) in [6.45, 7) is 4.79. The summed E-state index contributed by atoms with van der Waals surface area (Å²) in [5.74, 6) is -0.631. The normalized spacial score (nSPS) is 10.7. The highest BCUT2D eigenvalue weighted by Crippen LogP contribution is 2.35. The van der Waals surface area contributed by atoms with Crippen molar-refractivity contribution in [2.24, 2.45) is 0 Å². The number of nitrogens with zero attached hydrogens (tertiary/aromatic N) is 1. The lowest BCUT2D eigenvalue weighted by atomic mass is 10.3. The zero-order valence-corrected chi connectivity index (χ0v) is 11.7. The van der Waals surface area contributed by atoms with Crippen LogP contribution in [0.15, 0.2) is 16.6 Å². The van der Waals surface area contributed by atoms with Gasteiger partial charge in [-0.15, -0.1) is 0 Å². The molecule has 18 heavy (non-hydrogen) atoms. The number of benzene rings is 1. The topological polar surface area (TPSA) is 64.4 Å². The third kappa shape index (κ3) is 4.23. The monoisotopic (exact) mass is 320 g/mol. The molecule has 0 fully saturated rings. The zero-order chi connectivity index (χ0) is 13.7. The van der Waals surface area contributed by atoms with E-state index in [1.165, 1.54) is 0 Å². The Morgan fingerprint density at radius 3 is 2.78 bits per heavy atom. The van der Waals surface area contributed by atoms with Crippen LogP contribution in [0.25, 0.3) is 0 Å². The molecule has 1 N–H and O–H groups in total. The van der Waals surface area contributed by atoms with Crippen molar-refractivity contribution in [1.29, 1.82) is 0 Å². The Morgan fingerprint density at radius 1 is 1.56 bits per heavy atom. The van der Waals surface area contributed by atoms with Gasteiger partial charge in [-0.05, 0) is 22.0 Å². The van der Waals surface area contributed by atoms with Gasteiger partial charge >= 0.3 is 5.69 Å². The second-order valence-corrected chi connectivity index (χ2v) is 4.80. The van der Waals surface area contributed by atoms with Crippen LogP contribution in [0, 0.1) is 15.9 Å². The highest BCUT2D eigenvalue weighted by molar-refractivity contribution is 9.10. The van der Waals surface area contributed by atoms with Crippen molar-refractivity contribution in [2.45, 2.75) is 19.9 Å². The van der Waals surface area contributed by atoms with Crippen LogP contribution >= 0.6 is 15.9 Å². The number of nitrogens with one attached hydrogen (secondary N) is 1. The van der Waals surface area contributed by atoms with Gasteiger partial charge in [0.2, 0.25) is 5.75 Å². The summed E-state index contributed by atoms with van der Waals surface area (Å²) in [4.78, 5) is 10.1. The van der Waals surface area contributed by atoms with Gasteiger partial charge in [-0.3, -0.25) is 10.1 Å². The fourth-order valence-electron chi connectivity index (χ4n) is 1.33. The number of rotatable bonds is 6. The van der Waals surface area contributed by atoms with E-state index in [1.54, 1.807) is 0 Å². The first kappa shape index (κ1) is 14.8. The first-order valence-electron chi connectivity index (χ1n) is 5.41.